The van der Waals surface area contributed by atoms with E-state index in [1.807, 2.05) is 18.2 Å². The smallest absolute Gasteiger partial charge is 0.339 e. The predicted molar refractivity (Wildman–Crippen MR) is 144 cm³/mol. The Morgan fingerprint density at radius 2 is 1.54 bits per heavy atom. The van der Waals surface area contributed by atoms with E-state index in [0.717, 1.165) is 30.0 Å². The number of ether oxygens (including phenoxy) is 1. The fourth-order valence-electron chi connectivity index (χ4n) is 4.63. The van der Waals surface area contributed by atoms with Crippen molar-refractivity contribution in [1.29, 1.82) is 0 Å². The number of carbonyl (C=O) groups excluding carboxylic acids is 1. The molecule has 3 aromatic heterocycles. The average Bonchev–Trinajstić information content (AvgIpc) is 3.48. The zero-order chi connectivity index (χ0) is 23.6. The average molecular weight is 477 g/mol. The number of fused-ring (bicyclic) bond motifs is 4. The number of esters is 1. The first-order valence-electron chi connectivity index (χ1n) is 11.9. The van der Waals surface area contributed by atoms with Gasteiger partial charge in [0, 0.05) is 39.2 Å². The van der Waals surface area contributed by atoms with Gasteiger partial charge in [0.25, 0.3) is 0 Å². The molecule has 0 saturated carbocycles. The van der Waals surface area contributed by atoms with Crippen LogP contribution in [0.2, 0.25) is 0 Å². The van der Waals surface area contributed by atoms with E-state index in [1.165, 1.54) is 31.9 Å². The summed E-state index contributed by atoms with van der Waals surface area (Å²) in [6.07, 6.45) is 3.35. The largest absolute Gasteiger partial charge is 0.462 e. The van der Waals surface area contributed by atoms with Gasteiger partial charge in [0.05, 0.1) is 22.7 Å². The number of carbonyl (C=O) groups is 1. The molecule has 4 nitrogen and oxygen atoms in total. The Morgan fingerprint density at radius 1 is 0.829 bits per heavy atom. The van der Waals surface area contributed by atoms with Crippen LogP contribution < -0.4 is 0 Å². The first kappa shape index (κ1) is 21.6. The molecule has 0 aliphatic carbocycles. The lowest BCUT2D eigenvalue weighted by Crippen LogP contribution is -2.08. The summed E-state index contributed by atoms with van der Waals surface area (Å²) in [6, 6.07) is 31.1. The van der Waals surface area contributed by atoms with E-state index in [9.17, 15) is 4.79 Å². The van der Waals surface area contributed by atoms with Gasteiger partial charge in [-0.05, 0) is 54.6 Å². The number of rotatable bonds is 7. The number of aromatic nitrogens is 2. The maximum absolute atomic E-state index is 12.5. The van der Waals surface area contributed by atoms with Gasteiger partial charge in [-0.15, -0.1) is 11.3 Å². The summed E-state index contributed by atoms with van der Waals surface area (Å²) >= 11 is 1.70. The zero-order valence-electron chi connectivity index (χ0n) is 19.2. The third-order valence-electron chi connectivity index (χ3n) is 6.37. The molecule has 172 valence electrons. The van der Waals surface area contributed by atoms with Crippen molar-refractivity contribution < 1.29 is 9.53 Å². The quantitative estimate of drug-likeness (QED) is 0.175. The lowest BCUT2D eigenvalue weighted by Gasteiger charge is -2.08. The second kappa shape index (κ2) is 9.35. The molecule has 6 rings (SSSR count). The number of hydrogen-bond acceptors (Lipinski definition) is 4. The molecule has 0 unspecified atom stereocenters. The zero-order valence-corrected chi connectivity index (χ0v) is 20.0. The molecule has 0 radical (unpaired) electrons. The summed E-state index contributed by atoms with van der Waals surface area (Å²) in [5.74, 6) is -0.322. The van der Waals surface area contributed by atoms with Crippen molar-refractivity contribution in [3.05, 3.63) is 103 Å². The number of benzene rings is 3. The summed E-state index contributed by atoms with van der Waals surface area (Å²) in [7, 11) is 0. The number of pyridine rings is 1. The van der Waals surface area contributed by atoms with E-state index in [2.05, 4.69) is 76.3 Å². The van der Waals surface area contributed by atoms with Gasteiger partial charge in [-0.25, -0.2) is 4.79 Å². The molecule has 0 spiro atoms. The Morgan fingerprint density at radius 3 is 2.26 bits per heavy atom. The molecule has 0 fully saturated rings. The van der Waals surface area contributed by atoms with Gasteiger partial charge in [-0.3, -0.25) is 4.98 Å². The number of unbranched alkanes of at least 4 members (excludes halogenated alkanes) is 1. The van der Waals surface area contributed by atoms with E-state index in [0.29, 0.717) is 12.2 Å². The lowest BCUT2D eigenvalue weighted by atomic mass is 10.2. The summed E-state index contributed by atoms with van der Waals surface area (Å²) in [4.78, 5) is 18.1. The minimum Gasteiger partial charge on any atom is -0.462 e. The number of hydrogen-bond donors (Lipinski definition) is 0. The van der Waals surface area contributed by atoms with Crippen LogP contribution >= 0.6 is 11.3 Å². The van der Waals surface area contributed by atoms with Gasteiger partial charge in [-0.1, -0.05) is 54.6 Å². The van der Waals surface area contributed by atoms with Gasteiger partial charge < -0.3 is 9.30 Å². The van der Waals surface area contributed by atoms with E-state index < -0.39 is 0 Å². The SMILES string of the molecule is O=C(OCCCCn1c2ccccc2c2ccccc21)c1ccc(-c2cc3ccccc3s2)nc1. The van der Waals surface area contributed by atoms with Crippen molar-refractivity contribution in [3.8, 4) is 10.6 Å². The second-order valence-electron chi connectivity index (χ2n) is 8.61. The van der Waals surface area contributed by atoms with Crippen molar-refractivity contribution in [2.45, 2.75) is 19.4 Å². The molecule has 0 aliphatic rings. The molecule has 35 heavy (non-hydrogen) atoms. The summed E-state index contributed by atoms with van der Waals surface area (Å²) < 4.78 is 9.12. The Hall–Kier alpha value is -3.96. The van der Waals surface area contributed by atoms with E-state index in [4.69, 9.17) is 4.74 Å². The minimum absolute atomic E-state index is 0.322. The molecule has 6 aromatic rings. The highest BCUT2D eigenvalue weighted by molar-refractivity contribution is 7.22. The van der Waals surface area contributed by atoms with Crippen molar-refractivity contribution in [2.24, 2.45) is 0 Å². The third-order valence-corrected chi connectivity index (χ3v) is 7.50. The van der Waals surface area contributed by atoms with Gasteiger partial charge in [0.15, 0.2) is 0 Å². The van der Waals surface area contributed by atoms with Crippen LogP contribution in [0, 0.1) is 0 Å². The first-order valence-corrected chi connectivity index (χ1v) is 12.7. The van der Waals surface area contributed by atoms with E-state index in [-0.39, 0.29) is 5.97 Å². The molecule has 0 saturated heterocycles. The van der Waals surface area contributed by atoms with Gasteiger partial charge in [0.2, 0.25) is 0 Å². The Bertz CT molecular complexity index is 1560. The van der Waals surface area contributed by atoms with Crippen molar-refractivity contribution >= 4 is 49.2 Å². The standard InChI is InChI=1S/C30H24N2O2S/c33-30(22-15-16-25(31-20-22)29-19-21-9-1-6-14-28(21)35-29)34-18-8-7-17-32-26-12-4-2-10-23(26)24-11-3-5-13-27(24)32/h1-6,9-16,19-20H,7-8,17-18H2. The van der Waals surface area contributed by atoms with Crippen LogP contribution in [0.3, 0.4) is 0 Å². The van der Waals surface area contributed by atoms with Crippen LogP contribution in [0.5, 0.6) is 0 Å². The number of aryl methyl sites for hydroxylation is 1. The highest BCUT2D eigenvalue weighted by Gasteiger charge is 2.11. The molecule has 0 aliphatic heterocycles. The summed E-state index contributed by atoms with van der Waals surface area (Å²) in [5.41, 5.74) is 3.84. The molecule has 0 amide bonds. The Balaban J connectivity index is 1.06. The van der Waals surface area contributed by atoms with Crippen LogP contribution in [0.4, 0.5) is 0 Å². The molecule has 3 heterocycles. The summed E-state index contributed by atoms with van der Waals surface area (Å²) in [6.45, 7) is 1.28. The molecule has 5 heteroatoms. The molecule has 0 atom stereocenters. The van der Waals surface area contributed by atoms with Crippen LogP contribution in [0.1, 0.15) is 23.2 Å². The number of thiophene rings is 1. The highest BCUT2D eigenvalue weighted by atomic mass is 32.1. The maximum atomic E-state index is 12.5. The monoisotopic (exact) mass is 476 g/mol. The predicted octanol–water partition coefficient (Wildman–Crippen LogP) is 7.71. The van der Waals surface area contributed by atoms with Crippen molar-refractivity contribution in [1.82, 2.24) is 9.55 Å². The highest BCUT2D eigenvalue weighted by Crippen LogP contribution is 2.32. The lowest BCUT2D eigenvalue weighted by molar-refractivity contribution is 0.0497. The number of nitrogens with zero attached hydrogens (tertiary/aromatic N) is 2. The van der Waals surface area contributed by atoms with E-state index in [1.54, 1.807) is 23.6 Å². The fourth-order valence-corrected chi connectivity index (χ4v) is 5.67. The summed E-state index contributed by atoms with van der Waals surface area (Å²) in [5, 5.41) is 3.76. The molecular weight excluding hydrogens is 452 g/mol. The fraction of sp³-hybridized carbons (Fsp3) is 0.133. The molecular formula is C30H24N2O2S. The van der Waals surface area contributed by atoms with Crippen molar-refractivity contribution in [3.63, 3.8) is 0 Å². The third kappa shape index (κ3) is 4.19. The minimum atomic E-state index is -0.322. The van der Waals surface area contributed by atoms with Gasteiger partial charge >= 0.3 is 5.97 Å². The van der Waals surface area contributed by atoms with Crippen LogP contribution in [0.15, 0.2) is 97.2 Å². The van der Waals surface area contributed by atoms with Crippen LogP contribution in [0.25, 0.3) is 42.5 Å². The van der Waals surface area contributed by atoms with Crippen molar-refractivity contribution in [2.75, 3.05) is 6.61 Å². The van der Waals surface area contributed by atoms with E-state index >= 15 is 0 Å². The van der Waals surface area contributed by atoms with Crippen LogP contribution in [-0.4, -0.2) is 22.1 Å². The number of para-hydroxylation sites is 2. The molecule has 0 bridgehead atoms. The first-order chi connectivity index (χ1) is 17.3. The molecule has 0 N–H and O–H groups in total. The topological polar surface area (TPSA) is 44.1 Å². The normalized spacial score (nSPS) is 11.4. The second-order valence-corrected chi connectivity index (χ2v) is 9.69. The Kier molecular flexibility index (Phi) is 5.76. The van der Waals surface area contributed by atoms with Crippen LogP contribution in [-0.2, 0) is 11.3 Å². The van der Waals surface area contributed by atoms with Gasteiger partial charge in [-0.2, -0.15) is 0 Å². The Labute approximate surface area is 207 Å². The molecule has 3 aromatic carbocycles. The maximum Gasteiger partial charge on any atom is 0.339 e. The van der Waals surface area contributed by atoms with Gasteiger partial charge in [0.1, 0.15) is 0 Å².